The molecule has 2 aliphatic rings. The maximum Gasteiger partial charge on any atom is 0.0579 e. The van der Waals surface area contributed by atoms with Crippen LogP contribution in [0.4, 0.5) is 0 Å². The molecule has 2 heterocycles. The molecule has 1 nitrogen and oxygen atoms in total. The highest BCUT2D eigenvalue weighted by molar-refractivity contribution is 4.78. The van der Waals surface area contributed by atoms with Gasteiger partial charge in [-0.3, -0.25) is 0 Å². The molecule has 2 rings (SSSR count). The second kappa shape index (κ2) is 1.73. The van der Waals surface area contributed by atoms with Gasteiger partial charge in [-0.25, -0.2) is 0 Å². The third-order valence-corrected chi connectivity index (χ3v) is 2.25. The Balaban J connectivity index is 2.03. The Bertz CT molecular complexity index is 76.4. The van der Waals surface area contributed by atoms with E-state index >= 15 is 0 Å². The van der Waals surface area contributed by atoms with E-state index in [0.29, 0.717) is 12.2 Å². The van der Waals surface area contributed by atoms with Gasteiger partial charge in [0.15, 0.2) is 0 Å². The minimum atomic E-state index is 0.661. The summed E-state index contributed by atoms with van der Waals surface area (Å²) in [6, 6.07) is 0. The molecular weight excluding hydrogens is 100 g/mol. The number of rotatable bonds is 0. The summed E-state index contributed by atoms with van der Waals surface area (Å²) in [7, 11) is 0. The molecule has 2 saturated heterocycles. The predicted molar refractivity (Wildman–Crippen MR) is 31.7 cm³/mol. The van der Waals surface area contributed by atoms with Crippen LogP contribution in [0.3, 0.4) is 0 Å². The lowest BCUT2D eigenvalue weighted by atomic mass is 10.1. The Kier molecular flexibility index (Phi) is 1.04. The van der Waals surface area contributed by atoms with Gasteiger partial charge in [-0.05, 0) is 32.1 Å². The molecule has 46 valence electrons. The van der Waals surface area contributed by atoms with Crippen molar-refractivity contribution < 1.29 is 4.74 Å². The first kappa shape index (κ1) is 4.80. The van der Waals surface area contributed by atoms with Crippen LogP contribution in [0.25, 0.3) is 0 Å². The number of ether oxygens (including phenoxy) is 1. The number of fused-ring (bicyclic) bond motifs is 2. The van der Waals surface area contributed by atoms with Crippen LogP contribution in [-0.4, -0.2) is 12.2 Å². The lowest BCUT2D eigenvalue weighted by molar-refractivity contribution is 0.00575. The first-order valence-electron chi connectivity index (χ1n) is 3.60. The summed E-state index contributed by atoms with van der Waals surface area (Å²) in [5.74, 6) is 0. The Hall–Kier alpha value is -0.0400. The minimum Gasteiger partial charge on any atom is -0.375 e. The van der Waals surface area contributed by atoms with Crippen molar-refractivity contribution in [1.82, 2.24) is 0 Å². The van der Waals surface area contributed by atoms with E-state index in [-0.39, 0.29) is 0 Å². The van der Waals surface area contributed by atoms with Gasteiger partial charge >= 0.3 is 0 Å². The Morgan fingerprint density at radius 3 is 2.00 bits per heavy atom. The Morgan fingerprint density at radius 2 is 1.50 bits per heavy atom. The monoisotopic (exact) mass is 112 g/mol. The van der Waals surface area contributed by atoms with Crippen molar-refractivity contribution in [3.8, 4) is 0 Å². The fourth-order valence-electron chi connectivity index (χ4n) is 1.78. The molecule has 0 aromatic heterocycles. The molecule has 8 heavy (non-hydrogen) atoms. The van der Waals surface area contributed by atoms with Gasteiger partial charge in [0, 0.05) is 0 Å². The molecule has 0 aromatic rings. The smallest absolute Gasteiger partial charge is 0.0579 e. The van der Waals surface area contributed by atoms with Gasteiger partial charge in [-0.15, -0.1) is 0 Å². The van der Waals surface area contributed by atoms with Gasteiger partial charge in [0.2, 0.25) is 0 Å². The van der Waals surface area contributed by atoms with Crippen LogP contribution in [0.5, 0.6) is 0 Å². The van der Waals surface area contributed by atoms with Crippen LogP contribution in [0.1, 0.15) is 32.1 Å². The zero-order valence-corrected chi connectivity index (χ0v) is 5.10. The average molecular weight is 112 g/mol. The summed E-state index contributed by atoms with van der Waals surface area (Å²) in [4.78, 5) is 0. The topological polar surface area (TPSA) is 9.23 Å². The summed E-state index contributed by atoms with van der Waals surface area (Å²) in [6.07, 6.45) is 8.07. The van der Waals surface area contributed by atoms with E-state index in [0.717, 1.165) is 0 Å². The van der Waals surface area contributed by atoms with Crippen molar-refractivity contribution in [2.45, 2.75) is 44.3 Å². The highest BCUT2D eigenvalue weighted by Crippen LogP contribution is 2.31. The zero-order valence-electron chi connectivity index (χ0n) is 5.10. The lowest BCUT2D eigenvalue weighted by Gasteiger charge is -2.18. The molecule has 0 amide bonds. The minimum absolute atomic E-state index is 0.661. The highest BCUT2D eigenvalue weighted by Gasteiger charge is 2.28. The van der Waals surface area contributed by atoms with Gasteiger partial charge in [-0.1, -0.05) is 0 Å². The molecule has 2 atom stereocenters. The van der Waals surface area contributed by atoms with E-state index < -0.39 is 0 Å². The summed E-state index contributed by atoms with van der Waals surface area (Å²) < 4.78 is 5.60. The second-order valence-corrected chi connectivity index (χ2v) is 2.89. The highest BCUT2D eigenvalue weighted by atomic mass is 16.5. The third kappa shape index (κ3) is 0.655. The maximum absolute atomic E-state index is 5.60. The van der Waals surface area contributed by atoms with Crippen LogP contribution in [-0.2, 0) is 4.74 Å². The number of hydrogen-bond acceptors (Lipinski definition) is 1. The third-order valence-electron chi connectivity index (χ3n) is 2.25. The normalized spacial score (nSPS) is 45.0. The molecule has 0 saturated carbocycles. The Morgan fingerprint density at radius 1 is 0.875 bits per heavy atom. The van der Waals surface area contributed by atoms with Crippen LogP contribution >= 0.6 is 0 Å². The zero-order chi connectivity index (χ0) is 5.40. The van der Waals surface area contributed by atoms with Crippen LogP contribution in [0, 0.1) is 0 Å². The van der Waals surface area contributed by atoms with Gasteiger partial charge in [0.1, 0.15) is 0 Å². The van der Waals surface area contributed by atoms with Crippen molar-refractivity contribution in [3.63, 3.8) is 0 Å². The maximum atomic E-state index is 5.60. The van der Waals surface area contributed by atoms with Crippen molar-refractivity contribution in [2.24, 2.45) is 0 Å². The van der Waals surface area contributed by atoms with Gasteiger partial charge in [-0.2, -0.15) is 0 Å². The molecule has 2 aliphatic heterocycles. The largest absolute Gasteiger partial charge is 0.375 e. The first-order valence-corrected chi connectivity index (χ1v) is 3.60. The van der Waals surface area contributed by atoms with Crippen molar-refractivity contribution >= 4 is 0 Å². The molecule has 0 aliphatic carbocycles. The second-order valence-electron chi connectivity index (χ2n) is 2.89. The van der Waals surface area contributed by atoms with Crippen molar-refractivity contribution in [3.05, 3.63) is 0 Å². The molecule has 0 N–H and O–H groups in total. The molecule has 0 spiro atoms. The summed E-state index contributed by atoms with van der Waals surface area (Å²) in [6.45, 7) is 0. The van der Waals surface area contributed by atoms with Gasteiger partial charge in [0.05, 0.1) is 12.2 Å². The van der Waals surface area contributed by atoms with Crippen LogP contribution in [0.15, 0.2) is 0 Å². The molecule has 1 heteroatoms. The van der Waals surface area contributed by atoms with E-state index in [1.807, 2.05) is 0 Å². The SMILES string of the molecule is C1C[C@H]2CC[C@H](C1)O2. The van der Waals surface area contributed by atoms with Crippen molar-refractivity contribution in [2.75, 3.05) is 0 Å². The van der Waals surface area contributed by atoms with Crippen molar-refractivity contribution in [1.29, 1.82) is 0 Å². The van der Waals surface area contributed by atoms with Gasteiger partial charge < -0.3 is 4.74 Å². The quantitative estimate of drug-likeness (QED) is 0.463. The Labute approximate surface area is 50.0 Å². The van der Waals surface area contributed by atoms with E-state index in [1.165, 1.54) is 32.1 Å². The first-order chi connectivity index (χ1) is 3.95. The molecule has 2 bridgehead atoms. The van der Waals surface area contributed by atoms with Crippen LogP contribution < -0.4 is 0 Å². The summed E-state index contributed by atoms with van der Waals surface area (Å²) in [5, 5.41) is 0. The molecular formula is C7H12O. The van der Waals surface area contributed by atoms with E-state index in [2.05, 4.69) is 0 Å². The summed E-state index contributed by atoms with van der Waals surface area (Å²) >= 11 is 0. The lowest BCUT2D eigenvalue weighted by Crippen LogP contribution is -2.16. The molecule has 0 radical (unpaired) electrons. The van der Waals surface area contributed by atoms with Gasteiger partial charge in [0.25, 0.3) is 0 Å². The molecule has 0 unspecified atom stereocenters. The van der Waals surface area contributed by atoms with E-state index in [4.69, 9.17) is 4.74 Å². The fraction of sp³-hybridized carbons (Fsp3) is 1.00. The molecule has 2 fully saturated rings. The summed E-state index contributed by atoms with van der Waals surface area (Å²) in [5.41, 5.74) is 0. The van der Waals surface area contributed by atoms with Crippen LogP contribution in [0.2, 0.25) is 0 Å². The standard InChI is InChI=1S/C7H12O/c1-2-6-4-5-7(3-1)8-6/h6-7H,1-5H2/t6-,7-/m0/s1. The predicted octanol–water partition coefficient (Wildman–Crippen LogP) is 1.72. The fourth-order valence-corrected chi connectivity index (χ4v) is 1.78. The number of hydrogen-bond donors (Lipinski definition) is 0. The van der Waals surface area contributed by atoms with E-state index in [1.54, 1.807) is 0 Å². The molecule has 0 aromatic carbocycles. The average Bonchev–Trinajstić information content (AvgIpc) is 2.12. The van der Waals surface area contributed by atoms with E-state index in [9.17, 15) is 0 Å².